The van der Waals surface area contributed by atoms with Gasteiger partial charge in [0.2, 0.25) is 5.91 Å². The van der Waals surface area contributed by atoms with Gasteiger partial charge in [-0.05, 0) is 26.2 Å². The van der Waals surface area contributed by atoms with Crippen molar-refractivity contribution in [3.8, 4) is 0 Å². The molecule has 2 heterocycles. The second-order valence-electron chi connectivity index (χ2n) is 6.13. The summed E-state index contributed by atoms with van der Waals surface area (Å²) in [5.41, 5.74) is 5.52. The zero-order chi connectivity index (χ0) is 16.5. The van der Waals surface area contributed by atoms with Crippen LogP contribution in [0.4, 0.5) is 0 Å². The van der Waals surface area contributed by atoms with Gasteiger partial charge in [0.05, 0.1) is 5.41 Å². The van der Waals surface area contributed by atoms with Crippen LogP contribution in [0.3, 0.4) is 0 Å². The van der Waals surface area contributed by atoms with E-state index in [0.29, 0.717) is 25.8 Å². The number of pyridine rings is 1. The number of likely N-dealkylation sites (tertiary alicyclic amines) is 1. The highest BCUT2D eigenvalue weighted by atomic mass is 16.2. The number of carbonyl (C=O) groups is 2. The molecular formula is C16H23N3O3. The molecule has 1 aliphatic rings. The molecule has 6 heteroatoms. The molecule has 6 nitrogen and oxygen atoms in total. The van der Waals surface area contributed by atoms with Gasteiger partial charge in [0, 0.05) is 38.1 Å². The Hall–Kier alpha value is -2.11. The van der Waals surface area contributed by atoms with Crippen LogP contribution >= 0.6 is 0 Å². The Morgan fingerprint density at radius 3 is 2.68 bits per heavy atom. The lowest BCUT2D eigenvalue weighted by Gasteiger charge is -2.40. The third-order valence-electron chi connectivity index (χ3n) is 4.78. The lowest BCUT2D eigenvalue weighted by molar-refractivity contribution is -0.130. The van der Waals surface area contributed by atoms with E-state index in [0.717, 1.165) is 5.69 Å². The maximum atomic E-state index is 12.7. The van der Waals surface area contributed by atoms with Crippen molar-refractivity contribution in [3.63, 3.8) is 0 Å². The number of amides is 2. The SMILES string of the molecule is CC[C@]1(C(N)=O)CCCN(C(=O)c2cn(C)c(C)cc2=O)C1. The Morgan fingerprint density at radius 2 is 2.09 bits per heavy atom. The second kappa shape index (κ2) is 5.94. The summed E-state index contributed by atoms with van der Waals surface area (Å²) in [6.07, 6.45) is 3.56. The molecule has 0 bridgehead atoms. The molecule has 2 N–H and O–H groups in total. The van der Waals surface area contributed by atoms with Gasteiger partial charge in [0.1, 0.15) is 5.56 Å². The molecule has 1 aromatic heterocycles. The molecule has 22 heavy (non-hydrogen) atoms. The maximum Gasteiger partial charge on any atom is 0.259 e. The average molecular weight is 305 g/mol. The van der Waals surface area contributed by atoms with E-state index >= 15 is 0 Å². The molecule has 0 aliphatic carbocycles. The number of primary amides is 1. The molecule has 2 amide bonds. The molecular weight excluding hydrogens is 282 g/mol. The first-order valence-electron chi connectivity index (χ1n) is 7.57. The molecule has 120 valence electrons. The molecule has 0 spiro atoms. The van der Waals surface area contributed by atoms with Crippen molar-refractivity contribution < 1.29 is 9.59 Å². The predicted octanol–water partition coefficient (Wildman–Crippen LogP) is 0.811. The normalized spacial score (nSPS) is 21.7. The van der Waals surface area contributed by atoms with Crippen LogP contribution in [0, 0.1) is 12.3 Å². The van der Waals surface area contributed by atoms with Crippen LogP contribution in [0.15, 0.2) is 17.1 Å². The van der Waals surface area contributed by atoms with Crippen LogP contribution in [0.2, 0.25) is 0 Å². The zero-order valence-electron chi connectivity index (χ0n) is 13.4. The topological polar surface area (TPSA) is 85.4 Å². The number of nitrogens with zero attached hydrogens (tertiary/aromatic N) is 2. The Kier molecular flexibility index (Phi) is 4.39. The fourth-order valence-electron chi connectivity index (χ4n) is 3.03. The number of aromatic nitrogens is 1. The van der Waals surface area contributed by atoms with Crippen molar-refractivity contribution in [2.75, 3.05) is 13.1 Å². The van der Waals surface area contributed by atoms with Crippen molar-refractivity contribution >= 4 is 11.8 Å². The van der Waals surface area contributed by atoms with Crippen LogP contribution in [0.1, 0.15) is 42.2 Å². The average Bonchev–Trinajstić information content (AvgIpc) is 2.50. The van der Waals surface area contributed by atoms with Crippen LogP contribution in [0.5, 0.6) is 0 Å². The van der Waals surface area contributed by atoms with Crippen molar-refractivity contribution in [1.82, 2.24) is 9.47 Å². The molecule has 0 unspecified atom stereocenters. The molecule has 1 aliphatic heterocycles. The minimum atomic E-state index is -0.677. The summed E-state index contributed by atoms with van der Waals surface area (Å²) in [5, 5.41) is 0. The van der Waals surface area contributed by atoms with E-state index < -0.39 is 5.41 Å². The van der Waals surface area contributed by atoms with Crippen LogP contribution in [0.25, 0.3) is 0 Å². The maximum absolute atomic E-state index is 12.7. The van der Waals surface area contributed by atoms with Crippen LogP contribution < -0.4 is 11.2 Å². The Labute approximate surface area is 129 Å². The number of hydrogen-bond acceptors (Lipinski definition) is 3. The summed E-state index contributed by atoms with van der Waals surface area (Å²) in [6, 6.07) is 1.46. The van der Waals surface area contributed by atoms with Crippen molar-refractivity contribution in [1.29, 1.82) is 0 Å². The smallest absolute Gasteiger partial charge is 0.259 e. The highest BCUT2D eigenvalue weighted by Crippen LogP contribution is 2.33. The monoisotopic (exact) mass is 305 g/mol. The van der Waals surface area contributed by atoms with E-state index in [-0.39, 0.29) is 29.4 Å². The van der Waals surface area contributed by atoms with Gasteiger partial charge in [-0.15, -0.1) is 0 Å². The first-order valence-corrected chi connectivity index (χ1v) is 7.57. The Morgan fingerprint density at radius 1 is 1.41 bits per heavy atom. The third kappa shape index (κ3) is 2.77. The first-order chi connectivity index (χ1) is 10.3. The molecule has 2 rings (SSSR count). The third-order valence-corrected chi connectivity index (χ3v) is 4.78. The van der Waals surface area contributed by atoms with E-state index in [2.05, 4.69) is 0 Å². The predicted molar refractivity (Wildman–Crippen MR) is 83.5 cm³/mol. The van der Waals surface area contributed by atoms with Crippen LogP contribution in [-0.2, 0) is 11.8 Å². The molecule has 0 aromatic carbocycles. The van der Waals surface area contributed by atoms with Gasteiger partial charge in [0.15, 0.2) is 5.43 Å². The summed E-state index contributed by atoms with van der Waals surface area (Å²) >= 11 is 0. The summed E-state index contributed by atoms with van der Waals surface area (Å²) in [4.78, 5) is 38.1. The van der Waals surface area contributed by atoms with Gasteiger partial charge in [-0.25, -0.2) is 0 Å². The Balaban J connectivity index is 2.32. The summed E-state index contributed by atoms with van der Waals surface area (Å²) in [6.45, 7) is 4.55. The molecule has 1 fully saturated rings. The van der Waals surface area contributed by atoms with E-state index in [9.17, 15) is 14.4 Å². The first kappa shape index (κ1) is 16.3. The van der Waals surface area contributed by atoms with Crippen molar-refractivity contribution in [2.45, 2.75) is 33.1 Å². The number of rotatable bonds is 3. The minimum absolute atomic E-state index is 0.143. The molecule has 0 saturated carbocycles. The van der Waals surface area contributed by atoms with E-state index in [4.69, 9.17) is 5.73 Å². The van der Waals surface area contributed by atoms with E-state index in [1.807, 2.05) is 13.8 Å². The number of nitrogens with two attached hydrogens (primary N) is 1. The quantitative estimate of drug-likeness (QED) is 0.896. The van der Waals surface area contributed by atoms with Gasteiger partial charge in [-0.1, -0.05) is 6.92 Å². The highest BCUT2D eigenvalue weighted by Gasteiger charge is 2.41. The lowest BCUT2D eigenvalue weighted by atomic mass is 9.77. The number of aryl methyl sites for hydroxylation is 2. The van der Waals surface area contributed by atoms with Crippen molar-refractivity contribution in [3.05, 3.63) is 33.7 Å². The molecule has 0 radical (unpaired) electrons. The number of carbonyl (C=O) groups excluding carboxylic acids is 2. The zero-order valence-corrected chi connectivity index (χ0v) is 13.4. The molecule has 1 aromatic rings. The summed E-state index contributed by atoms with van der Waals surface area (Å²) in [7, 11) is 1.79. The fourth-order valence-corrected chi connectivity index (χ4v) is 3.03. The molecule has 1 atom stereocenters. The second-order valence-corrected chi connectivity index (χ2v) is 6.13. The van der Waals surface area contributed by atoms with Crippen molar-refractivity contribution in [2.24, 2.45) is 18.2 Å². The van der Waals surface area contributed by atoms with Gasteiger partial charge in [0.25, 0.3) is 5.91 Å². The van der Waals surface area contributed by atoms with Gasteiger partial charge >= 0.3 is 0 Å². The van der Waals surface area contributed by atoms with Gasteiger partial charge < -0.3 is 15.2 Å². The lowest BCUT2D eigenvalue weighted by Crippen LogP contribution is -2.52. The Bertz CT molecular complexity index is 665. The largest absolute Gasteiger partial charge is 0.369 e. The number of piperidine rings is 1. The van der Waals surface area contributed by atoms with Gasteiger partial charge in [-0.2, -0.15) is 0 Å². The van der Waals surface area contributed by atoms with E-state index in [1.54, 1.807) is 22.7 Å². The highest BCUT2D eigenvalue weighted by molar-refractivity contribution is 5.94. The number of hydrogen-bond donors (Lipinski definition) is 1. The fraction of sp³-hybridized carbons (Fsp3) is 0.562. The van der Waals surface area contributed by atoms with Gasteiger partial charge in [-0.3, -0.25) is 14.4 Å². The van der Waals surface area contributed by atoms with Crippen LogP contribution in [-0.4, -0.2) is 34.4 Å². The minimum Gasteiger partial charge on any atom is -0.369 e. The summed E-state index contributed by atoms with van der Waals surface area (Å²) < 4.78 is 1.75. The summed E-state index contributed by atoms with van der Waals surface area (Å²) in [5.74, 6) is -0.691. The standard InChI is InChI=1S/C16H23N3O3/c1-4-16(15(17)22)6-5-7-19(10-16)14(21)12-9-18(3)11(2)8-13(12)20/h8-9H,4-7,10H2,1-3H3,(H2,17,22)/t16-/m0/s1. The molecule has 1 saturated heterocycles. The van der Waals surface area contributed by atoms with E-state index in [1.165, 1.54) is 6.07 Å².